The van der Waals surface area contributed by atoms with E-state index in [4.69, 9.17) is 9.84 Å². The molecule has 0 bridgehead atoms. The van der Waals surface area contributed by atoms with Gasteiger partial charge in [0.2, 0.25) is 0 Å². The minimum absolute atomic E-state index is 0.116. The van der Waals surface area contributed by atoms with Crippen LogP contribution in [-0.2, 0) is 4.79 Å². The molecule has 0 atom stereocenters. The van der Waals surface area contributed by atoms with Gasteiger partial charge in [-0.1, -0.05) is 48.5 Å². The summed E-state index contributed by atoms with van der Waals surface area (Å²) < 4.78 is 6.30. The van der Waals surface area contributed by atoms with Crippen LogP contribution in [0.4, 0.5) is 0 Å². The van der Waals surface area contributed by atoms with Crippen molar-refractivity contribution in [2.75, 3.05) is 0 Å². The van der Waals surface area contributed by atoms with Gasteiger partial charge in [-0.15, -0.1) is 0 Å². The van der Waals surface area contributed by atoms with Crippen LogP contribution in [0.2, 0.25) is 0 Å². The van der Waals surface area contributed by atoms with E-state index in [0.717, 1.165) is 22.6 Å². The molecule has 0 saturated heterocycles. The number of carbonyl (C=O) groups is 1. The fourth-order valence-corrected chi connectivity index (χ4v) is 3.56. The Morgan fingerprint density at radius 2 is 1.61 bits per heavy atom. The van der Waals surface area contributed by atoms with E-state index in [9.17, 15) is 15.0 Å². The summed E-state index contributed by atoms with van der Waals surface area (Å²) in [5.41, 5.74) is 2.77. The number of hydrogen-bond donors (Lipinski definition) is 3. The summed E-state index contributed by atoms with van der Waals surface area (Å²) >= 11 is 0. The summed E-state index contributed by atoms with van der Waals surface area (Å²) in [6.07, 6.45) is 2.58. The van der Waals surface area contributed by atoms with E-state index < -0.39 is 5.97 Å². The van der Waals surface area contributed by atoms with Gasteiger partial charge in [0.15, 0.2) is 0 Å². The molecule has 0 fully saturated rings. The molecular weight excluding hydrogens is 392 g/mol. The van der Waals surface area contributed by atoms with Gasteiger partial charge in [-0.3, -0.25) is 0 Å². The monoisotopic (exact) mass is 412 g/mol. The molecule has 0 radical (unpaired) electrons. The Morgan fingerprint density at radius 3 is 2.29 bits per heavy atom. The topological polar surface area (TPSA) is 87.0 Å². The van der Waals surface area contributed by atoms with Crippen molar-refractivity contribution >= 4 is 22.8 Å². The highest BCUT2D eigenvalue weighted by molar-refractivity contribution is 6.01. The number of aliphatic carboxylic acids is 1. The zero-order valence-electron chi connectivity index (χ0n) is 16.7. The number of ether oxygens (including phenoxy) is 1. The van der Waals surface area contributed by atoms with Gasteiger partial charge in [0, 0.05) is 28.0 Å². The molecule has 154 valence electrons. The van der Waals surface area contributed by atoms with Crippen molar-refractivity contribution in [1.82, 2.24) is 0 Å². The first-order chi connectivity index (χ1) is 14.9. The Labute approximate surface area is 179 Å². The summed E-state index contributed by atoms with van der Waals surface area (Å²) in [5, 5.41) is 31.0. The third-order valence-corrected chi connectivity index (χ3v) is 5.04. The summed E-state index contributed by atoms with van der Waals surface area (Å²) in [6, 6.07) is 21.3. The third-order valence-electron chi connectivity index (χ3n) is 5.04. The van der Waals surface area contributed by atoms with Crippen LogP contribution >= 0.6 is 0 Å². The summed E-state index contributed by atoms with van der Waals surface area (Å²) in [7, 11) is 0. The fraction of sp³-hybridized carbons (Fsp3) is 0.0385. The maximum Gasteiger partial charge on any atom is 0.328 e. The fourth-order valence-electron chi connectivity index (χ4n) is 3.56. The second-order valence-corrected chi connectivity index (χ2v) is 7.12. The Hall–Kier alpha value is -4.25. The van der Waals surface area contributed by atoms with Crippen molar-refractivity contribution in [3.8, 4) is 34.1 Å². The lowest BCUT2D eigenvalue weighted by Gasteiger charge is -2.19. The van der Waals surface area contributed by atoms with Crippen LogP contribution in [-0.4, -0.2) is 21.3 Å². The standard InChI is InChI=1S/C26H20O5/c1-16-24(18-5-4-6-19(27)15-18)26(22-8-3-2-7-21(22)25(16)30)31-20-12-9-17(10-13-20)11-14-23(28)29/h2-15,27,30H,1H3,(H,28,29)/b14-11+. The summed E-state index contributed by atoms with van der Waals surface area (Å²) in [5.74, 6) is 0.386. The van der Waals surface area contributed by atoms with Crippen LogP contribution in [0, 0.1) is 6.92 Å². The number of carboxylic acid groups (broad SMARTS) is 1. The molecule has 4 rings (SSSR count). The molecule has 0 spiro atoms. The Bertz CT molecular complexity index is 1300. The predicted molar refractivity (Wildman–Crippen MR) is 121 cm³/mol. The second kappa shape index (κ2) is 8.24. The number of hydrogen-bond acceptors (Lipinski definition) is 4. The number of carboxylic acids is 1. The van der Waals surface area contributed by atoms with Crippen LogP contribution in [0.25, 0.3) is 28.0 Å². The van der Waals surface area contributed by atoms with E-state index in [1.165, 1.54) is 6.08 Å². The molecule has 5 nitrogen and oxygen atoms in total. The van der Waals surface area contributed by atoms with Gasteiger partial charge in [-0.2, -0.15) is 0 Å². The van der Waals surface area contributed by atoms with Gasteiger partial charge in [-0.05, 0) is 48.4 Å². The van der Waals surface area contributed by atoms with Gasteiger partial charge in [0.05, 0.1) is 0 Å². The smallest absolute Gasteiger partial charge is 0.328 e. The Morgan fingerprint density at radius 1 is 0.903 bits per heavy atom. The molecule has 0 heterocycles. The third kappa shape index (κ3) is 4.07. The maximum atomic E-state index is 10.8. The van der Waals surface area contributed by atoms with E-state index >= 15 is 0 Å². The molecule has 4 aromatic rings. The van der Waals surface area contributed by atoms with Crippen molar-refractivity contribution in [1.29, 1.82) is 0 Å². The first-order valence-corrected chi connectivity index (χ1v) is 9.66. The first-order valence-electron chi connectivity index (χ1n) is 9.66. The quantitative estimate of drug-likeness (QED) is 0.344. The van der Waals surface area contributed by atoms with Crippen molar-refractivity contribution in [3.63, 3.8) is 0 Å². The van der Waals surface area contributed by atoms with Crippen molar-refractivity contribution < 1.29 is 24.9 Å². The van der Waals surface area contributed by atoms with E-state index in [-0.39, 0.29) is 11.5 Å². The average molecular weight is 412 g/mol. The highest BCUT2D eigenvalue weighted by atomic mass is 16.5. The number of phenolic OH excluding ortho intramolecular Hbond substituents is 2. The predicted octanol–water partition coefficient (Wildman–Crippen LogP) is 6.12. The summed E-state index contributed by atoms with van der Waals surface area (Å²) in [6.45, 7) is 1.81. The molecule has 0 aliphatic carbocycles. The van der Waals surface area contributed by atoms with Crippen molar-refractivity contribution in [2.45, 2.75) is 6.92 Å². The molecule has 0 amide bonds. The SMILES string of the molecule is Cc1c(-c2cccc(O)c2)c(Oc2ccc(/C=C/C(=O)O)cc2)c2ccccc2c1O. The number of benzene rings is 4. The molecule has 4 aromatic carbocycles. The highest BCUT2D eigenvalue weighted by Gasteiger charge is 2.20. The zero-order valence-corrected chi connectivity index (χ0v) is 16.7. The highest BCUT2D eigenvalue weighted by Crippen LogP contribution is 2.47. The molecule has 0 unspecified atom stereocenters. The zero-order chi connectivity index (χ0) is 22.0. The molecule has 31 heavy (non-hydrogen) atoms. The number of aromatic hydroxyl groups is 2. The number of fused-ring (bicyclic) bond motifs is 1. The number of rotatable bonds is 5. The average Bonchev–Trinajstić information content (AvgIpc) is 2.77. The second-order valence-electron chi connectivity index (χ2n) is 7.12. The van der Waals surface area contributed by atoms with E-state index in [0.29, 0.717) is 28.0 Å². The first kappa shape index (κ1) is 20.0. The minimum Gasteiger partial charge on any atom is -0.508 e. The van der Waals surface area contributed by atoms with Gasteiger partial charge in [-0.25, -0.2) is 4.79 Å². The largest absolute Gasteiger partial charge is 0.508 e. The minimum atomic E-state index is -1.01. The maximum absolute atomic E-state index is 10.8. The van der Waals surface area contributed by atoms with Crippen LogP contribution < -0.4 is 4.74 Å². The molecule has 5 heteroatoms. The van der Waals surface area contributed by atoms with E-state index in [1.54, 1.807) is 42.5 Å². The van der Waals surface area contributed by atoms with Crippen LogP contribution in [0.3, 0.4) is 0 Å². The Kier molecular flexibility index (Phi) is 5.33. The van der Waals surface area contributed by atoms with Gasteiger partial charge >= 0.3 is 5.97 Å². The van der Waals surface area contributed by atoms with E-state index in [1.807, 2.05) is 37.3 Å². The van der Waals surface area contributed by atoms with Crippen molar-refractivity contribution in [3.05, 3.63) is 90.0 Å². The molecule has 0 saturated carbocycles. The molecule has 0 aromatic heterocycles. The molecular formula is C26H20O5. The van der Waals surface area contributed by atoms with Gasteiger partial charge < -0.3 is 20.1 Å². The van der Waals surface area contributed by atoms with Crippen molar-refractivity contribution in [2.24, 2.45) is 0 Å². The lowest BCUT2D eigenvalue weighted by Crippen LogP contribution is -1.95. The molecule has 0 aliphatic heterocycles. The van der Waals surface area contributed by atoms with Crippen LogP contribution in [0.15, 0.2) is 78.9 Å². The van der Waals surface area contributed by atoms with Gasteiger partial charge in [0.1, 0.15) is 23.0 Å². The summed E-state index contributed by atoms with van der Waals surface area (Å²) in [4.78, 5) is 10.7. The lowest BCUT2D eigenvalue weighted by atomic mass is 9.93. The van der Waals surface area contributed by atoms with E-state index in [2.05, 4.69) is 0 Å². The number of phenols is 2. The van der Waals surface area contributed by atoms with Crippen LogP contribution in [0.1, 0.15) is 11.1 Å². The normalized spacial score (nSPS) is 11.1. The van der Waals surface area contributed by atoms with Gasteiger partial charge in [0.25, 0.3) is 0 Å². The Balaban J connectivity index is 1.87. The molecule has 3 N–H and O–H groups in total. The van der Waals surface area contributed by atoms with Crippen LogP contribution in [0.5, 0.6) is 23.0 Å². The lowest BCUT2D eigenvalue weighted by molar-refractivity contribution is -0.131. The molecule has 0 aliphatic rings.